The van der Waals surface area contributed by atoms with Crippen LogP contribution in [-0.2, 0) is 24.2 Å². The fourth-order valence-electron chi connectivity index (χ4n) is 2.84. The normalized spacial score (nSPS) is 17.8. The molecule has 1 unspecified atom stereocenters. The zero-order valence-electron chi connectivity index (χ0n) is 11.5. The molecular formula is C16H15N3OS. The molecule has 1 aromatic carbocycles. The number of rotatable bonds is 3. The van der Waals surface area contributed by atoms with Crippen LogP contribution in [0, 0.1) is 0 Å². The predicted molar refractivity (Wildman–Crippen MR) is 82.6 cm³/mol. The van der Waals surface area contributed by atoms with Gasteiger partial charge in [-0.15, -0.1) is 11.3 Å². The summed E-state index contributed by atoms with van der Waals surface area (Å²) in [4.78, 5) is 17.9. The van der Waals surface area contributed by atoms with Gasteiger partial charge >= 0.3 is 0 Å². The number of carbonyl (C=O) groups is 1. The highest BCUT2D eigenvalue weighted by molar-refractivity contribution is 7.15. The second kappa shape index (κ2) is 5.09. The fourth-order valence-corrected chi connectivity index (χ4v) is 3.56. The number of Topliss-reactive ketones (excluding diaryl/α,β-unsaturated/α-hetero) is 1. The Morgan fingerprint density at radius 3 is 3.10 bits per heavy atom. The molecular weight excluding hydrogens is 282 g/mol. The zero-order valence-corrected chi connectivity index (χ0v) is 12.3. The highest BCUT2D eigenvalue weighted by Crippen LogP contribution is 2.18. The lowest BCUT2D eigenvalue weighted by molar-refractivity contribution is -0.120. The second-order valence-corrected chi connectivity index (χ2v) is 6.25. The number of carbonyl (C=O) groups excluding carboxylic acids is 1. The molecule has 3 heterocycles. The van der Waals surface area contributed by atoms with Gasteiger partial charge in [-0.05, 0) is 17.5 Å². The Hall–Kier alpha value is -1.98. The lowest BCUT2D eigenvalue weighted by Gasteiger charge is -2.24. The quantitative estimate of drug-likeness (QED) is 0.806. The fraction of sp³-hybridized carbons (Fsp3) is 0.250. The smallest absolute Gasteiger partial charge is 0.193 e. The van der Waals surface area contributed by atoms with E-state index in [0.717, 1.165) is 23.6 Å². The number of aromatic nitrogens is 2. The Balaban J connectivity index is 1.49. The summed E-state index contributed by atoms with van der Waals surface area (Å²) in [5.74, 6) is 0.218. The van der Waals surface area contributed by atoms with Crippen LogP contribution in [0.5, 0.6) is 0 Å². The van der Waals surface area contributed by atoms with Crippen molar-refractivity contribution in [3.05, 3.63) is 58.9 Å². The molecule has 0 saturated carbocycles. The summed E-state index contributed by atoms with van der Waals surface area (Å²) in [5, 5.41) is 5.33. The van der Waals surface area contributed by atoms with Gasteiger partial charge in [-0.2, -0.15) is 0 Å². The number of hydrogen-bond acceptors (Lipinski definition) is 4. The van der Waals surface area contributed by atoms with Gasteiger partial charge in [-0.1, -0.05) is 24.3 Å². The van der Waals surface area contributed by atoms with Crippen molar-refractivity contribution in [1.29, 1.82) is 0 Å². The third kappa shape index (κ3) is 2.39. The number of imidazole rings is 1. The van der Waals surface area contributed by atoms with E-state index in [9.17, 15) is 4.79 Å². The van der Waals surface area contributed by atoms with Gasteiger partial charge in [0.25, 0.3) is 0 Å². The first kappa shape index (κ1) is 12.7. The summed E-state index contributed by atoms with van der Waals surface area (Å²) in [6.07, 6.45) is 5.09. The van der Waals surface area contributed by atoms with E-state index in [0.29, 0.717) is 6.42 Å². The topological polar surface area (TPSA) is 46.4 Å². The molecule has 5 heteroatoms. The maximum absolute atomic E-state index is 12.5. The Kier molecular flexibility index (Phi) is 3.09. The van der Waals surface area contributed by atoms with Crippen molar-refractivity contribution >= 4 is 22.1 Å². The van der Waals surface area contributed by atoms with Gasteiger partial charge in [0.1, 0.15) is 0 Å². The van der Waals surface area contributed by atoms with Crippen LogP contribution in [0.1, 0.15) is 16.8 Å². The number of ketones is 1. The molecule has 0 amide bonds. The van der Waals surface area contributed by atoms with Gasteiger partial charge in [-0.25, -0.2) is 4.98 Å². The van der Waals surface area contributed by atoms with Crippen molar-refractivity contribution in [2.45, 2.75) is 25.4 Å². The first-order valence-electron chi connectivity index (χ1n) is 7.03. The van der Waals surface area contributed by atoms with Crippen LogP contribution in [0.4, 0.5) is 0 Å². The van der Waals surface area contributed by atoms with E-state index in [1.54, 1.807) is 11.3 Å². The SMILES string of the molecule is O=C(Cc1cn2ccsc2n1)C1Cc2ccccc2CN1. The van der Waals surface area contributed by atoms with Gasteiger partial charge in [0.2, 0.25) is 0 Å². The van der Waals surface area contributed by atoms with Gasteiger partial charge in [0, 0.05) is 24.3 Å². The number of nitrogens with one attached hydrogen (secondary N) is 1. The molecule has 106 valence electrons. The standard InChI is InChI=1S/C16H15N3OS/c20-15(8-13-10-19-5-6-21-16(19)18-13)14-7-11-3-1-2-4-12(11)9-17-14/h1-6,10,14,17H,7-9H2. The molecule has 0 bridgehead atoms. The first-order valence-corrected chi connectivity index (χ1v) is 7.91. The molecule has 3 aromatic rings. The van der Waals surface area contributed by atoms with Crippen molar-refractivity contribution in [2.75, 3.05) is 0 Å². The lowest BCUT2D eigenvalue weighted by atomic mass is 9.92. The van der Waals surface area contributed by atoms with Crippen LogP contribution in [-0.4, -0.2) is 21.2 Å². The van der Waals surface area contributed by atoms with Crippen LogP contribution in [0.15, 0.2) is 42.0 Å². The van der Waals surface area contributed by atoms with Crippen molar-refractivity contribution in [3.8, 4) is 0 Å². The molecule has 0 saturated heterocycles. The third-order valence-electron chi connectivity index (χ3n) is 3.97. The molecule has 0 spiro atoms. The minimum Gasteiger partial charge on any atom is -0.303 e. The molecule has 2 aromatic heterocycles. The minimum atomic E-state index is -0.0976. The predicted octanol–water partition coefficient (Wildman–Crippen LogP) is 2.22. The highest BCUT2D eigenvalue weighted by Gasteiger charge is 2.24. The molecule has 1 N–H and O–H groups in total. The maximum atomic E-state index is 12.5. The molecule has 1 aliphatic rings. The third-order valence-corrected chi connectivity index (χ3v) is 4.74. The molecule has 0 fully saturated rings. The van der Waals surface area contributed by atoms with E-state index >= 15 is 0 Å². The summed E-state index contributed by atoms with van der Waals surface area (Å²) < 4.78 is 1.97. The number of benzene rings is 1. The monoisotopic (exact) mass is 297 g/mol. The molecule has 4 rings (SSSR count). The Labute approximate surface area is 126 Å². The lowest BCUT2D eigenvalue weighted by Crippen LogP contribution is -2.42. The Bertz CT molecular complexity index is 776. The molecule has 0 radical (unpaired) electrons. The summed E-state index contributed by atoms with van der Waals surface area (Å²) >= 11 is 1.59. The van der Waals surface area contributed by atoms with Crippen LogP contribution >= 0.6 is 11.3 Å². The Morgan fingerprint density at radius 1 is 1.38 bits per heavy atom. The van der Waals surface area contributed by atoms with E-state index in [2.05, 4.69) is 22.4 Å². The second-order valence-electron chi connectivity index (χ2n) is 5.37. The van der Waals surface area contributed by atoms with Crippen molar-refractivity contribution in [1.82, 2.24) is 14.7 Å². The highest BCUT2D eigenvalue weighted by atomic mass is 32.1. The van der Waals surface area contributed by atoms with Gasteiger partial charge in [-0.3, -0.25) is 9.20 Å². The van der Waals surface area contributed by atoms with Crippen molar-refractivity contribution < 1.29 is 4.79 Å². The van der Waals surface area contributed by atoms with Crippen LogP contribution < -0.4 is 5.32 Å². The summed E-state index contributed by atoms with van der Waals surface area (Å²) in [7, 11) is 0. The average Bonchev–Trinajstić information content (AvgIpc) is 3.08. The Morgan fingerprint density at radius 2 is 2.24 bits per heavy atom. The average molecular weight is 297 g/mol. The maximum Gasteiger partial charge on any atom is 0.193 e. The first-order chi connectivity index (χ1) is 10.3. The number of nitrogens with zero attached hydrogens (tertiary/aromatic N) is 2. The molecule has 4 nitrogen and oxygen atoms in total. The molecule has 1 aliphatic heterocycles. The van der Waals surface area contributed by atoms with Crippen molar-refractivity contribution in [3.63, 3.8) is 0 Å². The summed E-state index contributed by atoms with van der Waals surface area (Å²) in [6, 6.07) is 8.21. The van der Waals surface area contributed by atoms with E-state index in [1.165, 1.54) is 11.1 Å². The summed E-state index contributed by atoms with van der Waals surface area (Å²) in [5.41, 5.74) is 3.43. The van der Waals surface area contributed by atoms with E-state index in [1.807, 2.05) is 34.3 Å². The van der Waals surface area contributed by atoms with Gasteiger partial charge < -0.3 is 5.32 Å². The van der Waals surface area contributed by atoms with Gasteiger partial charge in [0.05, 0.1) is 18.2 Å². The molecule has 0 aliphatic carbocycles. The van der Waals surface area contributed by atoms with E-state index in [4.69, 9.17) is 0 Å². The summed E-state index contributed by atoms with van der Waals surface area (Å²) in [6.45, 7) is 0.769. The number of thiazole rings is 1. The molecule has 1 atom stereocenters. The van der Waals surface area contributed by atoms with Crippen LogP contribution in [0.25, 0.3) is 4.96 Å². The number of fused-ring (bicyclic) bond motifs is 2. The molecule has 21 heavy (non-hydrogen) atoms. The van der Waals surface area contributed by atoms with E-state index < -0.39 is 0 Å². The zero-order chi connectivity index (χ0) is 14.2. The minimum absolute atomic E-state index is 0.0976. The van der Waals surface area contributed by atoms with Gasteiger partial charge in [0.15, 0.2) is 10.7 Å². The number of hydrogen-bond donors (Lipinski definition) is 1. The van der Waals surface area contributed by atoms with E-state index in [-0.39, 0.29) is 11.8 Å². The largest absolute Gasteiger partial charge is 0.303 e. The van der Waals surface area contributed by atoms with Crippen LogP contribution in [0.3, 0.4) is 0 Å². The van der Waals surface area contributed by atoms with Crippen molar-refractivity contribution in [2.24, 2.45) is 0 Å². The van der Waals surface area contributed by atoms with Crippen LogP contribution in [0.2, 0.25) is 0 Å².